The third-order valence-corrected chi connectivity index (χ3v) is 5.71. The van der Waals surface area contributed by atoms with Crippen LogP contribution in [0.5, 0.6) is 0 Å². The number of carbonyl (C=O) groups excluding carboxylic acids is 2. The maximum atomic E-state index is 12.3. The Kier molecular flexibility index (Phi) is 5.48. The van der Waals surface area contributed by atoms with Crippen molar-refractivity contribution in [1.29, 1.82) is 5.26 Å². The molecular weight excluding hydrogens is 318 g/mol. The summed E-state index contributed by atoms with van der Waals surface area (Å²) in [6.45, 7) is 6.61. The molecule has 1 aliphatic carbocycles. The summed E-state index contributed by atoms with van der Waals surface area (Å²) in [6.07, 6.45) is 3.76. The lowest BCUT2D eigenvalue weighted by Gasteiger charge is -2.23. The smallest absolute Gasteiger partial charge is 0.317 e. The number of rotatable bonds is 4. The lowest BCUT2D eigenvalue weighted by molar-refractivity contribution is -0.130. The summed E-state index contributed by atoms with van der Waals surface area (Å²) < 4.78 is 0. The van der Waals surface area contributed by atoms with Crippen LogP contribution < -0.4 is 10.6 Å². The number of hydrogen-bond acceptors (Lipinski definition) is 4. The Morgan fingerprint density at radius 1 is 1.24 bits per heavy atom. The van der Waals surface area contributed by atoms with Crippen LogP contribution in [-0.2, 0) is 4.79 Å². The predicted octanol–water partition coefficient (Wildman–Crippen LogP) is 0.919. The van der Waals surface area contributed by atoms with Gasteiger partial charge in [-0.1, -0.05) is 0 Å². The number of hydrogen-bond donors (Lipinski definition) is 2. The van der Waals surface area contributed by atoms with E-state index in [1.54, 1.807) is 4.90 Å². The third kappa shape index (κ3) is 4.06. The van der Waals surface area contributed by atoms with E-state index in [1.165, 1.54) is 0 Å². The Morgan fingerprint density at radius 3 is 2.52 bits per heavy atom. The highest BCUT2D eigenvalue weighted by molar-refractivity contribution is 5.79. The van der Waals surface area contributed by atoms with Gasteiger partial charge in [0.05, 0.1) is 12.6 Å². The normalized spacial score (nSPS) is 31.3. The molecule has 0 aromatic heterocycles. The van der Waals surface area contributed by atoms with Crippen LogP contribution in [0.25, 0.3) is 0 Å². The third-order valence-electron chi connectivity index (χ3n) is 5.71. The molecule has 2 heterocycles. The van der Waals surface area contributed by atoms with E-state index < -0.39 is 0 Å². The second kappa shape index (κ2) is 7.61. The molecule has 1 saturated carbocycles. The first kappa shape index (κ1) is 18.0. The van der Waals surface area contributed by atoms with E-state index in [9.17, 15) is 9.59 Å². The molecule has 138 valence electrons. The molecule has 4 atom stereocenters. The molecule has 2 saturated heterocycles. The molecular formula is C18H29N5O2. The number of carbonyl (C=O) groups is 2. The van der Waals surface area contributed by atoms with Gasteiger partial charge in [0.15, 0.2) is 0 Å². The molecule has 3 aliphatic rings. The second-order valence-corrected chi connectivity index (χ2v) is 7.95. The fourth-order valence-corrected chi connectivity index (χ4v) is 4.50. The first-order valence-corrected chi connectivity index (χ1v) is 9.45. The molecule has 7 nitrogen and oxygen atoms in total. The van der Waals surface area contributed by atoms with Crippen molar-refractivity contribution in [2.24, 2.45) is 11.8 Å². The molecule has 2 N–H and O–H groups in total. The summed E-state index contributed by atoms with van der Waals surface area (Å²) in [6, 6.07) is 2.52. The molecule has 3 fully saturated rings. The van der Waals surface area contributed by atoms with E-state index in [1.807, 2.05) is 18.7 Å². The Hall–Kier alpha value is -1.81. The molecule has 3 rings (SSSR count). The molecule has 3 amide bonds. The van der Waals surface area contributed by atoms with Crippen molar-refractivity contribution in [1.82, 2.24) is 20.4 Å². The topological polar surface area (TPSA) is 88.5 Å². The minimum Gasteiger partial charge on any atom is -0.336 e. The molecule has 7 heteroatoms. The molecule has 0 aromatic carbocycles. The Labute approximate surface area is 149 Å². The second-order valence-electron chi connectivity index (χ2n) is 7.95. The highest BCUT2D eigenvalue weighted by atomic mass is 16.2. The standard InChI is InChI=1S/C18H29N5O2/c1-12(2)21-18(25)22-10-13-6-15(7-14(13)11-22)20-9-17(24)23-5-3-4-16(23)8-19/h12-16,20H,3-7,9-11H2,1-2H3,(H,21,25)/t13-,14+,15-,16-/m0/s1. The van der Waals surface area contributed by atoms with Gasteiger partial charge in [0.1, 0.15) is 6.04 Å². The van der Waals surface area contributed by atoms with Gasteiger partial charge in [-0.15, -0.1) is 0 Å². The van der Waals surface area contributed by atoms with Gasteiger partial charge in [-0.25, -0.2) is 4.79 Å². The van der Waals surface area contributed by atoms with Gasteiger partial charge in [-0.05, 0) is 51.4 Å². The van der Waals surface area contributed by atoms with Crippen LogP contribution in [0.15, 0.2) is 0 Å². The number of urea groups is 1. The number of amides is 3. The van der Waals surface area contributed by atoms with Gasteiger partial charge in [0, 0.05) is 31.7 Å². The van der Waals surface area contributed by atoms with Crippen LogP contribution in [0, 0.1) is 23.2 Å². The maximum absolute atomic E-state index is 12.3. The van der Waals surface area contributed by atoms with Crippen LogP contribution in [0.2, 0.25) is 0 Å². The van der Waals surface area contributed by atoms with E-state index in [0.717, 1.165) is 38.8 Å². The first-order valence-electron chi connectivity index (χ1n) is 9.45. The fourth-order valence-electron chi connectivity index (χ4n) is 4.50. The van der Waals surface area contributed by atoms with Crippen molar-refractivity contribution in [3.05, 3.63) is 0 Å². The van der Waals surface area contributed by atoms with Crippen LogP contribution in [0.4, 0.5) is 4.79 Å². The molecule has 2 aliphatic heterocycles. The van der Waals surface area contributed by atoms with E-state index in [0.29, 0.717) is 31.0 Å². The van der Waals surface area contributed by atoms with Crippen molar-refractivity contribution in [3.63, 3.8) is 0 Å². The number of likely N-dealkylation sites (tertiary alicyclic amines) is 2. The SMILES string of the molecule is CC(C)NC(=O)N1C[C@H]2C[C@@H](NCC(=O)N3CCC[C@H]3C#N)C[C@H]2C1. The fraction of sp³-hybridized carbons (Fsp3) is 0.833. The van der Waals surface area contributed by atoms with E-state index in [4.69, 9.17) is 5.26 Å². The van der Waals surface area contributed by atoms with E-state index in [-0.39, 0.29) is 24.0 Å². The Morgan fingerprint density at radius 2 is 1.92 bits per heavy atom. The van der Waals surface area contributed by atoms with E-state index in [2.05, 4.69) is 16.7 Å². The molecule has 0 bridgehead atoms. The lowest BCUT2D eigenvalue weighted by Crippen LogP contribution is -2.44. The van der Waals surface area contributed by atoms with Crippen molar-refractivity contribution in [3.8, 4) is 6.07 Å². The molecule has 0 unspecified atom stereocenters. The number of nitrogens with zero attached hydrogens (tertiary/aromatic N) is 3. The quantitative estimate of drug-likeness (QED) is 0.791. The van der Waals surface area contributed by atoms with Crippen LogP contribution in [0.1, 0.15) is 39.5 Å². The van der Waals surface area contributed by atoms with Crippen LogP contribution in [0.3, 0.4) is 0 Å². The maximum Gasteiger partial charge on any atom is 0.317 e. The zero-order valence-corrected chi connectivity index (χ0v) is 15.2. The summed E-state index contributed by atoms with van der Waals surface area (Å²) in [4.78, 5) is 28.1. The Balaban J connectivity index is 1.41. The lowest BCUT2D eigenvalue weighted by atomic mass is 10.0. The highest BCUT2D eigenvalue weighted by Crippen LogP contribution is 2.38. The summed E-state index contributed by atoms with van der Waals surface area (Å²) in [5.41, 5.74) is 0. The van der Waals surface area contributed by atoms with Crippen molar-refractivity contribution in [2.75, 3.05) is 26.2 Å². The van der Waals surface area contributed by atoms with Crippen LogP contribution in [-0.4, -0.2) is 66.0 Å². The number of nitrogens with one attached hydrogen (secondary N) is 2. The van der Waals surface area contributed by atoms with Crippen molar-refractivity contribution >= 4 is 11.9 Å². The number of nitriles is 1. The zero-order chi connectivity index (χ0) is 18.0. The zero-order valence-electron chi connectivity index (χ0n) is 15.2. The summed E-state index contributed by atoms with van der Waals surface area (Å²) in [7, 11) is 0. The predicted molar refractivity (Wildman–Crippen MR) is 93.6 cm³/mol. The van der Waals surface area contributed by atoms with Gasteiger partial charge < -0.3 is 20.4 Å². The van der Waals surface area contributed by atoms with Crippen molar-refractivity contribution in [2.45, 2.75) is 57.7 Å². The molecule has 0 radical (unpaired) electrons. The summed E-state index contributed by atoms with van der Waals surface area (Å²) in [5, 5.41) is 15.4. The average molecular weight is 347 g/mol. The van der Waals surface area contributed by atoms with E-state index >= 15 is 0 Å². The van der Waals surface area contributed by atoms with Gasteiger partial charge in [0.25, 0.3) is 0 Å². The summed E-state index contributed by atoms with van der Waals surface area (Å²) >= 11 is 0. The number of fused-ring (bicyclic) bond motifs is 1. The molecule has 0 aromatic rings. The van der Waals surface area contributed by atoms with Crippen molar-refractivity contribution < 1.29 is 9.59 Å². The minimum atomic E-state index is -0.245. The molecule has 0 spiro atoms. The average Bonchev–Trinajstić information content (AvgIpc) is 3.25. The van der Waals surface area contributed by atoms with Gasteiger partial charge in [-0.3, -0.25) is 4.79 Å². The molecule has 25 heavy (non-hydrogen) atoms. The first-order chi connectivity index (χ1) is 12.0. The monoisotopic (exact) mass is 347 g/mol. The highest BCUT2D eigenvalue weighted by Gasteiger charge is 2.42. The Bertz CT molecular complexity index is 544. The van der Waals surface area contributed by atoms with Gasteiger partial charge >= 0.3 is 6.03 Å². The minimum absolute atomic E-state index is 0.0408. The van der Waals surface area contributed by atoms with Gasteiger partial charge in [-0.2, -0.15) is 5.26 Å². The van der Waals surface area contributed by atoms with Crippen LogP contribution >= 0.6 is 0 Å². The van der Waals surface area contributed by atoms with Gasteiger partial charge in [0.2, 0.25) is 5.91 Å². The summed E-state index contributed by atoms with van der Waals surface area (Å²) in [5.74, 6) is 1.10. The largest absolute Gasteiger partial charge is 0.336 e.